The monoisotopic (exact) mass is 333 g/mol. The number of ether oxygens (including phenoxy) is 1. The molecule has 2 aromatic carbocycles. The van der Waals surface area contributed by atoms with Crippen molar-refractivity contribution in [2.24, 2.45) is 5.73 Å². The lowest BCUT2D eigenvalue weighted by Crippen LogP contribution is -2.08. The fourth-order valence-electron chi connectivity index (χ4n) is 2.26. The van der Waals surface area contributed by atoms with Gasteiger partial charge in [0.1, 0.15) is 5.75 Å². The largest absolute Gasteiger partial charge is 0.493 e. The Hall–Kier alpha value is -1.32. The van der Waals surface area contributed by atoms with Crippen LogP contribution in [-0.4, -0.2) is 13.2 Å². The van der Waals surface area contributed by atoms with Crippen molar-refractivity contribution in [3.05, 3.63) is 63.6 Å². The zero-order chi connectivity index (χ0) is 14.4. The van der Waals surface area contributed by atoms with Gasteiger partial charge in [-0.05, 0) is 48.7 Å². The molecule has 0 unspecified atom stereocenters. The van der Waals surface area contributed by atoms with Crippen molar-refractivity contribution in [1.82, 2.24) is 0 Å². The van der Waals surface area contributed by atoms with Crippen LogP contribution >= 0.6 is 15.9 Å². The lowest BCUT2D eigenvalue weighted by molar-refractivity contribution is 0.316. The van der Waals surface area contributed by atoms with Crippen LogP contribution in [0.25, 0.3) is 0 Å². The Balaban J connectivity index is 2.05. The van der Waals surface area contributed by atoms with Crippen molar-refractivity contribution in [2.75, 3.05) is 13.2 Å². The molecule has 0 radical (unpaired) electrons. The summed E-state index contributed by atoms with van der Waals surface area (Å²) in [5.41, 5.74) is 9.30. The molecule has 0 amide bonds. The van der Waals surface area contributed by atoms with Crippen molar-refractivity contribution < 1.29 is 4.74 Å². The van der Waals surface area contributed by atoms with Crippen LogP contribution < -0.4 is 10.5 Å². The number of aryl methyl sites for hydroxylation is 1. The second-order valence-corrected chi connectivity index (χ2v) is 5.75. The van der Waals surface area contributed by atoms with Crippen molar-refractivity contribution in [3.8, 4) is 5.75 Å². The summed E-state index contributed by atoms with van der Waals surface area (Å²) in [5.74, 6) is 0.981. The number of halogens is 1. The highest BCUT2D eigenvalue weighted by Gasteiger charge is 2.08. The molecule has 20 heavy (non-hydrogen) atoms. The summed E-state index contributed by atoms with van der Waals surface area (Å²) >= 11 is 3.53. The average Bonchev–Trinajstić information content (AvgIpc) is 2.43. The molecule has 2 nitrogen and oxygen atoms in total. The summed E-state index contributed by atoms with van der Waals surface area (Å²) in [4.78, 5) is 0. The van der Waals surface area contributed by atoms with Crippen LogP contribution in [0.2, 0.25) is 0 Å². The Morgan fingerprint density at radius 3 is 2.55 bits per heavy atom. The summed E-state index contributed by atoms with van der Waals surface area (Å²) in [7, 11) is 0. The number of hydrogen-bond donors (Lipinski definition) is 1. The van der Waals surface area contributed by atoms with Crippen LogP contribution in [-0.2, 0) is 12.8 Å². The average molecular weight is 334 g/mol. The molecule has 0 fully saturated rings. The lowest BCUT2D eigenvalue weighted by Gasteiger charge is -2.14. The third-order valence-corrected chi connectivity index (χ3v) is 3.67. The first kappa shape index (κ1) is 15.1. The molecule has 0 saturated heterocycles. The maximum atomic E-state index is 6.00. The highest BCUT2D eigenvalue weighted by atomic mass is 79.9. The fraction of sp³-hybridized carbons (Fsp3) is 0.294. The third kappa shape index (κ3) is 4.09. The first-order chi connectivity index (χ1) is 9.70. The summed E-state index contributed by atoms with van der Waals surface area (Å²) in [6, 6.07) is 14.6. The normalized spacial score (nSPS) is 10.6. The molecule has 0 aliphatic heterocycles. The highest BCUT2D eigenvalue weighted by Crippen LogP contribution is 2.28. The summed E-state index contributed by atoms with van der Waals surface area (Å²) in [6.07, 6.45) is 1.75. The number of rotatable bonds is 6. The minimum Gasteiger partial charge on any atom is -0.493 e. The molecular weight excluding hydrogens is 314 g/mol. The van der Waals surface area contributed by atoms with Crippen molar-refractivity contribution in [1.29, 1.82) is 0 Å². The smallest absolute Gasteiger partial charge is 0.125 e. The molecule has 0 heterocycles. The van der Waals surface area contributed by atoms with Crippen LogP contribution in [0.3, 0.4) is 0 Å². The van der Waals surface area contributed by atoms with Crippen molar-refractivity contribution in [3.63, 3.8) is 0 Å². The molecule has 0 atom stereocenters. The number of benzene rings is 2. The molecule has 0 bridgehead atoms. The molecule has 0 aromatic heterocycles. The number of nitrogens with two attached hydrogens (primary N) is 1. The lowest BCUT2D eigenvalue weighted by atomic mass is 10.1. The van der Waals surface area contributed by atoms with Gasteiger partial charge < -0.3 is 10.5 Å². The van der Waals surface area contributed by atoms with E-state index in [0.717, 1.165) is 28.6 Å². The van der Waals surface area contributed by atoms with Crippen molar-refractivity contribution in [2.45, 2.75) is 19.8 Å². The van der Waals surface area contributed by atoms with Gasteiger partial charge >= 0.3 is 0 Å². The molecule has 0 aliphatic carbocycles. The minimum absolute atomic E-state index is 0.630. The highest BCUT2D eigenvalue weighted by molar-refractivity contribution is 9.10. The van der Waals surface area contributed by atoms with Gasteiger partial charge in [-0.15, -0.1) is 0 Å². The second-order valence-electron chi connectivity index (χ2n) is 4.83. The molecule has 2 N–H and O–H groups in total. The summed E-state index contributed by atoms with van der Waals surface area (Å²) in [6.45, 7) is 3.39. The molecule has 3 heteroatoms. The van der Waals surface area contributed by atoms with E-state index in [1.807, 2.05) is 6.07 Å². The van der Waals surface area contributed by atoms with Gasteiger partial charge in [-0.1, -0.05) is 46.3 Å². The zero-order valence-electron chi connectivity index (χ0n) is 11.7. The molecule has 0 spiro atoms. The van der Waals surface area contributed by atoms with Crippen LogP contribution in [0.4, 0.5) is 0 Å². The first-order valence-corrected chi connectivity index (χ1v) is 7.66. The van der Waals surface area contributed by atoms with Gasteiger partial charge in [0, 0.05) is 10.9 Å². The maximum absolute atomic E-state index is 6.00. The van der Waals surface area contributed by atoms with Gasteiger partial charge in [0.15, 0.2) is 0 Å². The molecule has 2 rings (SSSR count). The summed E-state index contributed by atoms with van der Waals surface area (Å²) < 4.78 is 7.08. The van der Waals surface area contributed by atoms with Gasteiger partial charge in [-0.2, -0.15) is 0 Å². The van der Waals surface area contributed by atoms with E-state index in [1.54, 1.807) is 0 Å². The van der Waals surface area contributed by atoms with Gasteiger partial charge in [0.2, 0.25) is 0 Å². The standard InChI is InChI=1S/C17H20BrNO/c1-13-11-16(18)12-15(7-9-19)17(13)20-10-8-14-5-3-2-4-6-14/h2-6,11-12H,7-10,19H2,1H3. The predicted octanol–water partition coefficient (Wildman–Crippen LogP) is 3.88. The fourth-order valence-corrected chi connectivity index (χ4v) is 2.88. The van der Waals surface area contributed by atoms with E-state index in [-0.39, 0.29) is 0 Å². The molecule has 106 valence electrons. The third-order valence-electron chi connectivity index (χ3n) is 3.21. The SMILES string of the molecule is Cc1cc(Br)cc(CCN)c1OCCc1ccccc1. The zero-order valence-corrected chi connectivity index (χ0v) is 13.3. The van der Waals surface area contributed by atoms with Crippen LogP contribution in [0.15, 0.2) is 46.9 Å². The Kier molecular flexibility index (Phi) is 5.62. The minimum atomic E-state index is 0.630. The Bertz CT molecular complexity index is 554. The Labute approximate surface area is 129 Å². The quantitative estimate of drug-likeness (QED) is 0.870. The number of hydrogen-bond acceptors (Lipinski definition) is 2. The van der Waals surface area contributed by atoms with E-state index < -0.39 is 0 Å². The van der Waals surface area contributed by atoms with Gasteiger partial charge in [-0.3, -0.25) is 0 Å². The second kappa shape index (κ2) is 7.46. The van der Waals surface area contributed by atoms with Crippen LogP contribution in [0.1, 0.15) is 16.7 Å². The van der Waals surface area contributed by atoms with E-state index in [1.165, 1.54) is 11.1 Å². The van der Waals surface area contributed by atoms with Gasteiger partial charge in [0.25, 0.3) is 0 Å². The van der Waals surface area contributed by atoms with Crippen molar-refractivity contribution >= 4 is 15.9 Å². The van der Waals surface area contributed by atoms with Gasteiger partial charge in [0.05, 0.1) is 6.61 Å². The van der Waals surface area contributed by atoms with Crippen LogP contribution in [0, 0.1) is 6.92 Å². The first-order valence-electron chi connectivity index (χ1n) is 6.86. The maximum Gasteiger partial charge on any atom is 0.125 e. The van der Waals surface area contributed by atoms with Crippen LogP contribution in [0.5, 0.6) is 5.75 Å². The Morgan fingerprint density at radius 1 is 1.10 bits per heavy atom. The summed E-state index contributed by atoms with van der Waals surface area (Å²) in [5, 5.41) is 0. The Morgan fingerprint density at radius 2 is 1.85 bits per heavy atom. The molecular formula is C17H20BrNO. The van der Waals surface area contributed by atoms with E-state index in [0.29, 0.717) is 13.2 Å². The van der Waals surface area contributed by atoms with Gasteiger partial charge in [-0.25, -0.2) is 0 Å². The van der Waals surface area contributed by atoms with E-state index in [9.17, 15) is 0 Å². The topological polar surface area (TPSA) is 35.2 Å². The van der Waals surface area contributed by atoms with E-state index in [4.69, 9.17) is 10.5 Å². The van der Waals surface area contributed by atoms with E-state index in [2.05, 4.69) is 59.3 Å². The molecule has 0 aliphatic rings. The molecule has 0 saturated carbocycles. The molecule has 2 aromatic rings. The van der Waals surface area contributed by atoms with E-state index >= 15 is 0 Å². The predicted molar refractivity (Wildman–Crippen MR) is 87.3 cm³/mol.